The van der Waals surface area contributed by atoms with Crippen LogP contribution >= 0.6 is 0 Å². The topological polar surface area (TPSA) is 52.0 Å². The molecule has 228 valence electrons. The molecule has 8 aromatic carbocycles. The second-order valence-corrected chi connectivity index (χ2v) is 14.4. The molecule has 5 heteroatoms. The first-order valence-corrected chi connectivity index (χ1v) is 17.8. The maximum atomic E-state index is 14.3. The lowest BCUT2D eigenvalue weighted by Crippen LogP contribution is -2.17. The van der Waals surface area contributed by atoms with Gasteiger partial charge in [-0.2, -0.15) is 0 Å². The Labute approximate surface area is 277 Å². The van der Waals surface area contributed by atoms with Gasteiger partial charge < -0.3 is 0 Å². The van der Waals surface area contributed by atoms with Gasteiger partial charge in [-0.3, -0.25) is 4.57 Å². The Morgan fingerprint density at radius 1 is 0.562 bits per heavy atom. The van der Waals surface area contributed by atoms with Gasteiger partial charge in [0.25, 0.3) is 0 Å². The van der Waals surface area contributed by atoms with E-state index in [1.807, 2.05) is 12.1 Å². The molecule has 1 aliphatic heterocycles. The quantitative estimate of drug-likeness (QED) is 0.143. The van der Waals surface area contributed by atoms with Crippen molar-refractivity contribution in [3.8, 4) is 27.9 Å². The first-order valence-electron chi connectivity index (χ1n) is 16.3. The van der Waals surface area contributed by atoms with Crippen LogP contribution in [0.1, 0.15) is 12.7 Å². The third kappa shape index (κ3) is 3.59. The molecule has 0 atom stereocenters. The van der Waals surface area contributed by atoms with Gasteiger partial charge in [0.2, 0.25) is 9.84 Å². The third-order valence-electron chi connectivity index (χ3n) is 10.1. The minimum atomic E-state index is -3.79. The molecular weight excluding hydrogens is 609 g/mol. The van der Waals surface area contributed by atoms with Crippen molar-refractivity contribution >= 4 is 64.0 Å². The lowest BCUT2D eigenvalue weighted by atomic mass is 9.85. The Balaban J connectivity index is 1.35. The van der Waals surface area contributed by atoms with Crippen LogP contribution in [0.25, 0.3) is 82.1 Å². The number of para-hydroxylation sites is 2. The smallest absolute Gasteiger partial charge is 0.210 e. The lowest BCUT2D eigenvalue weighted by molar-refractivity contribution is 0.594. The van der Waals surface area contributed by atoms with E-state index in [1.165, 1.54) is 27.1 Å². The molecule has 0 spiro atoms. The van der Waals surface area contributed by atoms with E-state index in [0.29, 0.717) is 32.9 Å². The molecule has 48 heavy (non-hydrogen) atoms. The number of benzene rings is 8. The summed E-state index contributed by atoms with van der Waals surface area (Å²) in [7, 11) is -3.79. The number of hydrogen-bond acceptors (Lipinski definition) is 3. The van der Waals surface area contributed by atoms with Crippen LogP contribution in [0.3, 0.4) is 0 Å². The van der Waals surface area contributed by atoms with Crippen LogP contribution in [0.4, 0.5) is 0 Å². The Morgan fingerprint density at radius 3 is 1.85 bits per heavy atom. The predicted octanol–water partition coefficient (Wildman–Crippen LogP) is 10.7. The number of imidazole rings is 1. The van der Waals surface area contributed by atoms with Crippen LogP contribution < -0.4 is 0 Å². The molecule has 1 aliphatic rings. The van der Waals surface area contributed by atoms with Crippen LogP contribution in [0.15, 0.2) is 149 Å². The van der Waals surface area contributed by atoms with E-state index in [-0.39, 0.29) is 0 Å². The van der Waals surface area contributed by atoms with Gasteiger partial charge in [-0.25, -0.2) is 13.4 Å². The van der Waals surface area contributed by atoms with Gasteiger partial charge in [0.05, 0.1) is 26.5 Å². The zero-order valence-corrected chi connectivity index (χ0v) is 26.9. The fourth-order valence-electron chi connectivity index (χ4n) is 8.02. The molecule has 1 aromatic heterocycles. The number of rotatable bonds is 3. The molecule has 2 heterocycles. The van der Waals surface area contributed by atoms with E-state index in [1.54, 1.807) is 18.2 Å². The molecule has 0 bridgehead atoms. The summed E-state index contributed by atoms with van der Waals surface area (Å²) >= 11 is 0. The van der Waals surface area contributed by atoms with E-state index in [0.717, 1.165) is 44.1 Å². The normalized spacial score (nSPS) is 13.5. The fraction of sp³-hybridized carbons (Fsp3) is 0.0465. The van der Waals surface area contributed by atoms with Crippen molar-refractivity contribution in [1.29, 1.82) is 0 Å². The van der Waals surface area contributed by atoms with Gasteiger partial charge in [-0.15, -0.1) is 0 Å². The predicted molar refractivity (Wildman–Crippen MR) is 197 cm³/mol. The van der Waals surface area contributed by atoms with Crippen LogP contribution in [0.2, 0.25) is 0 Å². The zero-order valence-electron chi connectivity index (χ0n) is 26.1. The molecule has 0 radical (unpaired) electrons. The van der Waals surface area contributed by atoms with Crippen molar-refractivity contribution in [2.24, 2.45) is 0 Å². The van der Waals surface area contributed by atoms with Crippen LogP contribution in [0, 0.1) is 0 Å². The van der Waals surface area contributed by atoms with Crippen LogP contribution in [-0.2, 0) is 16.3 Å². The van der Waals surface area contributed by atoms with Crippen LogP contribution in [-0.4, -0.2) is 18.0 Å². The second-order valence-electron chi connectivity index (χ2n) is 12.6. The molecular formula is C43H28N2O2S. The number of aromatic nitrogens is 2. The monoisotopic (exact) mass is 636 g/mol. The standard InChI is InChI=1S/C43H28N2O2S/c1-2-39-44-36-18-10-20-38-43(36)45(39)42-34(17-9-19-37(42)48(38,46)47)41-32-15-7-5-13-30(32)40(31-14-6-8-16-33(31)41)28-24-23-27-22-21-26-11-3-4-12-29(26)35(27)25-28/h3-25H,2H2,1H3. The van der Waals surface area contributed by atoms with E-state index in [9.17, 15) is 8.42 Å². The van der Waals surface area contributed by atoms with E-state index in [2.05, 4.69) is 121 Å². The molecule has 0 fully saturated rings. The van der Waals surface area contributed by atoms with E-state index < -0.39 is 9.84 Å². The third-order valence-corrected chi connectivity index (χ3v) is 11.9. The first kappa shape index (κ1) is 27.3. The summed E-state index contributed by atoms with van der Waals surface area (Å²) < 4.78 is 30.7. The number of sulfone groups is 1. The summed E-state index contributed by atoms with van der Waals surface area (Å²) in [6, 6.07) is 47.9. The van der Waals surface area contributed by atoms with Crippen LogP contribution in [0.5, 0.6) is 0 Å². The molecule has 10 rings (SSSR count). The van der Waals surface area contributed by atoms with E-state index >= 15 is 0 Å². The molecule has 0 aliphatic carbocycles. The highest BCUT2D eigenvalue weighted by atomic mass is 32.2. The summed E-state index contributed by atoms with van der Waals surface area (Å²) in [5.74, 6) is 0.842. The Bertz CT molecular complexity index is 2900. The molecule has 0 N–H and O–H groups in total. The average Bonchev–Trinajstić information content (AvgIpc) is 3.51. The van der Waals surface area contributed by atoms with E-state index in [4.69, 9.17) is 4.98 Å². The Kier molecular flexibility index (Phi) is 5.62. The minimum Gasteiger partial charge on any atom is -0.293 e. The van der Waals surface area contributed by atoms with Gasteiger partial charge in [0, 0.05) is 12.0 Å². The molecule has 0 saturated heterocycles. The van der Waals surface area contributed by atoms with Gasteiger partial charge in [0.15, 0.2) is 0 Å². The van der Waals surface area contributed by atoms with Crippen molar-refractivity contribution in [2.75, 3.05) is 0 Å². The maximum Gasteiger partial charge on any atom is 0.210 e. The summed E-state index contributed by atoms with van der Waals surface area (Å²) in [4.78, 5) is 5.55. The Hall–Kier alpha value is -5.78. The molecule has 9 aromatic rings. The fourth-order valence-corrected chi connectivity index (χ4v) is 9.67. The van der Waals surface area contributed by atoms with Gasteiger partial charge in [-0.05, 0) is 84.0 Å². The number of aryl methyl sites for hydroxylation is 1. The highest BCUT2D eigenvalue weighted by molar-refractivity contribution is 7.92. The van der Waals surface area contributed by atoms with Gasteiger partial charge >= 0.3 is 0 Å². The molecule has 0 saturated carbocycles. The van der Waals surface area contributed by atoms with Gasteiger partial charge in [-0.1, -0.05) is 122 Å². The number of hydrogen-bond donors (Lipinski definition) is 0. The largest absolute Gasteiger partial charge is 0.293 e. The van der Waals surface area contributed by atoms with Crippen molar-refractivity contribution in [3.63, 3.8) is 0 Å². The first-order chi connectivity index (χ1) is 23.5. The minimum absolute atomic E-state index is 0.311. The maximum absolute atomic E-state index is 14.3. The zero-order chi connectivity index (χ0) is 32.1. The molecule has 0 unspecified atom stereocenters. The van der Waals surface area contributed by atoms with Gasteiger partial charge in [0.1, 0.15) is 5.82 Å². The van der Waals surface area contributed by atoms with Crippen molar-refractivity contribution < 1.29 is 8.42 Å². The summed E-state index contributed by atoms with van der Waals surface area (Å²) in [5, 5.41) is 9.27. The summed E-state index contributed by atoms with van der Waals surface area (Å²) in [5.41, 5.74) is 6.24. The van der Waals surface area contributed by atoms with Crippen molar-refractivity contribution in [2.45, 2.75) is 23.1 Å². The highest BCUT2D eigenvalue weighted by Gasteiger charge is 2.35. The number of fused-ring (bicyclic) bond motifs is 7. The second kappa shape index (κ2) is 9.86. The van der Waals surface area contributed by atoms with Crippen molar-refractivity contribution in [3.05, 3.63) is 145 Å². The Morgan fingerprint density at radius 2 is 1.15 bits per heavy atom. The molecule has 0 amide bonds. The number of nitrogens with zero attached hydrogens (tertiary/aromatic N) is 2. The van der Waals surface area contributed by atoms with Crippen molar-refractivity contribution in [1.82, 2.24) is 9.55 Å². The lowest BCUT2D eigenvalue weighted by Gasteiger charge is -2.25. The summed E-state index contributed by atoms with van der Waals surface area (Å²) in [6.07, 6.45) is 0.666. The SMILES string of the molecule is CCc1nc2cccc3c2n1-c1c(-c2c4ccccc4c(-c4ccc5ccc6ccccc6c5c4)c4ccccc24)cccc1S3(=O)=O. The molecule has 4 nitrogen and oxygen atoms in total. The summed E-state index contributed by atoms with van der Waals surface area (Å²) in [6.45, 7) is 2.07. The average molecular weight is 637 g/mol. The highest BCUT2D eigenvalue weighted by Crippen LogP contribution is 2.49.